The van der Waals surface area contributed by atoms with Gasteiger partial charge >= 0.3 is 5.97 Å². The van der Waals surface area contributed by atoms with Crippen molar-refractivity contribution < 1.29 is 9.90 Å². The Morgan fingerprint density at radius 2 is 2.50 bits per heavy atom. The van der Waals surface area contributed by atoms with Crippen LogP contribution in [0.3, 0.4) is 0 Å². The molecule has 4 heteroatoms. The molecular weight excluding hydrogens is 98.1 g/mol. The molecule has 0 aliphatic carbocycles. The Morgan fingerprint density at radius 1 is 2.00 bits per heavy atom. The highest BCUT2D eigenvalue weighted by Crippen LogP contribution is 1.50. The van der Waals surface area contributed by atoms with Gasteiger partial charge in [0.2, 0.25) is 0 Å². The van der Waals surface area contributed by atoms with Crippen molar-refractivity contribution >= 4 is 16.4 Å². The highest BCUT2D eigenvalue weighted by atomic mass is 28.2. The van der Waals surface area contributed by atoms with Gasteiger partial charge in [0.05, 0.1) is 16.9 Å². The van der Waals surface area contributed by atoms with Gasteiger partial charge in [-0.1, -0.05) is 0 Å². The van der Waals surface area contributed by atoms with Crippen LogP contribution in [0.25, 0.3) is 0 Å². The maximum atomic E-state index is 9.56. The van der Waals surface area contributed by atoms with E-state index in [0.717, 1.165) is 10.4 Å². The van der Waals surface area contributed by atoms with Crippen molar-refractivity contribution in [1.29, 1.82) is 0 Å². The molecule has 0 radical (unpaired) electrons. The molecule has 0 unspecified atom stereocenters. The van der Waals surface area contributed by atoms with E-state index >= 15 is 0 Å². The molecular formula is C2H7NO2Si. The van der Waals surface area contributed by atoms with Crippen LogP contribution in [0.2, 0.25) is 0 Å². The van der Waals surface area contributed by atoms with Crippen LogP contribution in [0.1, 0.15) is 0 Å². The van der Waals surface area contributed by atoms with Gasteiger partial charge in [-0.3, -0.25) is 4.79 Å². The van der Waals surface area contributed by atoms with Gasteiger partial charge < -0.3 is 10.1 Å². The summed E-state index contributed by atoms with van der Waals surface area (Å²) in [5.74, 6) is -0.787. The van der Waals surface area contributed by atoms with Crippen LogP contribution >= 0.6 is 0 Å². The maximum Gasteiger partial charge on any atom is 0.316 e. The van der Waals surface area contributed by atoms with Crippen LogP contribution in [0.5, 0.6) is 0 Å². The molecule has 0 spiro atoms. The molecule has 0 aromatic carbocycles. The van der Waals surface area contributed by atoms with Crippen LogP contribution in [0.4, 0.5) is 0 Å². The predicted octanol–water partition coefficient (Wildman–Crippen LogP) is -2.06. The van der Waals surface area contributed by atoms with Crippen LogP contribution in [0.15, 0.2) is 0 Å². The third kappa shape index (κ3) is 3.65. The lowest BCUT2D eigenvalue weighted by Gasteiger charge is -1.84. The number of aliphatic carboxylic acids is 1. The molecule has 36 valence electrons. The summed E-state index contributed by atoms with van der Waals surface area (Å²) in [6.07, 6.45) is 0. The fourth-order valence-corrected chi connectivity index (χ4v) is 0.454. The van der Waals surface area contributed by atoms with Crippen molar-refractivity contribution in [2.75, 3.05) is 6.54 Å². The molecule has 0 aromatic rings. The Balaban J connectivity index is 2.83. The number of hydrogen-bond donors (Lipinski definition) is 2. The standard InChI is InChI=1S/C2H7NO2Si/c4-2(5)1-3-6/h3H,1H2,6H3,(H,4,5). The lowest BCUT2D eigenvalue weighted by molar-refractivity contribution is -0.135. The molecule has 3 nitrogen and oxygen atoms in total. The van der Waals surface area contributed by atoms with Crippen molar-refractivity contribution in [1.82, 2.24) is 4.98 Å². The van der Waals surface area contributed by atoms with Crippen LogP contribution in [-0.2, 0) is 4.79 Å². The Hall–Kier alpha value is -0.353. The molecule has 0 aromatic heterocycles. The first-order valence-corrected chi connectivity index (χ1v) is 2.63. The second-order valence-corrected chi connectivity index (χ2v) is 1.63. The Labute approximate surface area is 38.9 Å². The predicted molar refractivity (Wildman–Crippen MR) is 25.6 cm³/mol. The van der Waals surface area contributed by atoms with E-state index in [4.69, 9.17) is 5.11 Å². The summed E-state index contributed by atoms with van der Waals surface area (Å²) in [7, 11) is 0.756. The van der Waals surface area contributed by atoms with Crippen molar-refractivity contribution in [2.45, 2.75) is 0 Å². The number of nitrogens with one attached hydrogen (secondary N) is 1. The second-order valence-electron chi connectivity index (χ2n) is 0.924. The maximum absolute atomic E-state index is 9.56. The second kappa shape index (κ2) is 2.86. The fourth-order valence-electron chi connectivity index (χ4n) is 0.151. The highest BCUT2D eigenvalue weighted by Gasteiger charge is 1.85. The van der Waals surface area contributed by atoms with Gasteiger partial charge in [-0.2, -0.15) is 0 Å². The molecule has 0 aliphatic rings. The van der Waals surface area contributed by atoms with E-state index in [2.05, 4.69) is 4.98 Å². The summed E-state index contributed by atoms with van der Waals surface area (Å²) in [5.41, 5.74) is 0. The van der Waals surface area contributed by atoms with Crippen molar-refractivity contribution in [2.24, 2.45) is 0 Å². The molecule has 2 N–H and O–H groups in total. The van der Waals surface area contributed by atoms with Crippen LogP contribution < -0.4 is 4.98 Å². The molecule has 0 heterocycles. The van der Waals surface area contributed by atoms with E-state index in [-0.39, 0.29) is 6.54 Å². The van der Waals surface area contributed by atoms with E-state index in [1.807, 2.05) is 0 Å². The van der Waals surface area contributed by atoms with Gasteiger partial charge in [-0.05, 0) is 0 Å². The zero-order chi connectivity index (χ0) is 4.99. The van der Waals surface area contributed by atoms with Gasteiger partial charge in [0.25, 0.3) is 0 Å². The minimum Gasteiger partial charge on any atom is -0.480 e. The monoisotopic (exact) mass is 105 g/mol. The molecule has 6 heavy (non-hydrogen) atoms. The Bertz CT molecular complexity index is 55.5. The number of carbonyl (C=O) groups is 1. The van der Waals surface area contributed by atoms with Crippen LogP contribution in [-0.4, -0.2) is 28.0 Å². The van der Waals surface area contributed by atoms with Gasteiger partial charge in [-0.15, -0.1) is 0 Å². The zero-order valence-electron chi connectivity index (χ0n) is 3.56. The quantitative estimate of drug-likeness (QED) is 0.397. The summed E-state index contributed by atoms with van der Waals surface area (Å²) < 4.78 is 0. The molecule has 0 fully saturated rings. The third-order valence-electron chi connectivity index (χ3n) is 0.328. The molecule has 0 aliphatic heterocycles. The summed E-state index contributed by atoms with van der Waals surface area (Å²) in [4.78, 5) is 12.2. The van der Waals surface area contributed by atoms with E-state index in [0.29, 0.717) is 0 Å². The molecule has 0 saturated carbocycles. The van der Waals surface area contributed by atoms with E-state index in [9.17, 15) is 4.79 Å². The van der Waals surface area contributed by atoms with Gasteiger partial charge in [0.1, 0.15) is 0 Å². The normalized spacial score (nSPS) is 8.67. The lowest BCUT2D eigenvalue weighted by atomic mass is 10.7. The SMILES string of the molecule is O=C(O)CN[SiH3]. The largest absolute Gasteiger partial charge is 0.480 e. The first-order chi connectivity index (χ1) is 2.77. The smallest absolute Gasteiger partial charge is 0.316 e. The molecule has 0 amide bonds. The minimum atomic E-state index is -0.787. The Morgan fingerprint density at radius 3 is 2.50 bits per heavy atom. The topological polar surface area (TPSA) is 49.3 Å². The summed E-state index contributed by atoms with van der Waals surface area (Å²) in [6, 6.07) is 0. The van der Waals surface area contributed by atoms with E-state index < -0.39 is 5.97 Å². The van der Waals surface area contributed by atoms with E-state index in [1.54, 1.807) is 0 Å². The molecule has 0 atom stereocenters. The summed E-state index contributed by atoms with van der Waals surface area (Å²) in [6.45, 7) is 0.103. The fraction of sp³-hybridized carbons (Fsp3) is 0.500. The van der Waals surface area contributed by atoms with Crippen molar-refractivity contribution in [3.63, 3.8) is 0 Å². The van der Waals surface area contributed by atoms with Crippen molar-refractivity contribution in [3.8, 4) is 0 Å². The molecule has 0 rings (SSSR count). The third-order valence-corrected chi connectivity index (χ3v) is 0.682. The first-order valence-electron chi connectivity index (χ1n) is 1.63. The number of carboxylic acids is 1. The average molecular weight is 105 g/mol. The zero-order valence-corrected chi connectivity index (χ0v) is 5.56. The number of hydrogen-bond acceptors (Lipinski definition) is 2. The number of carboxylic acid groups (broad SMARTS) is 1. The van der Waals surface area contributed by atoms with Gasteiger partial charge in [0.15, 0.2) is 0 Å². The summed E-state index contributed by atoms with van der Waals surface area (Å²) in [5, 5.41) is 7.87. The van der Waals surface area contributed by atoms with E-state index in [1.165, 1.54) is 0 Å². The highest BCUT2D eigenvalue weighted by molar-refractivity contribution is 6.05. The lowest BCUT2D eigenvalue weighted by Crippen LogP contribution is -2.18. The molecule has 0 bridgehead atoms. The molecule has 0 saturated heterocycles. The average Bonchev–Trinajstić information content (AvgIpc) is 1.35. The van der Waals surface area contributed by atoms with Gasteiger partial charge in [-0.25, -0.2) is 0 Å². The van der Waals surface area contributed by atoms with Crippen LogP contribution in [0, 0.1) is 0 Å². The first kappa shape index (κ1) is 5.65. The number of rotatable bonds is 2. The minimum absolute atomic E-state index is 0.103. The Kier molecular flexibility index (Phi) is 2.69. The van der Waals surface area contributed by atoms with Gasteiger partial charge in [0, 0.05) is 0 Å². The summed E-state index contributed by atoms with van der Waals surface area (Å²) >= 11 is 0. The van der Waals surface area contributed by atoms with Crippen molar-refractivity contribution in [3.05, 3.63) is 0 Å².